The lowest BCUT2D eigenvalue weighted by molar-refractivity contribution is -0.282. The third-order valence-electron chi connectivity index (χ3n) is 9.34. The number of benzene rings is 1. The summed E-state index contributed by atoms with van der Waals surface area (Å²) in [5.74, 6) is -0.108. The zero-order valence-electron chi connectivity index (χ0n) is 27.8. The van der Waals surface area contributed by atoms with Gasteiger partial charge in [-0.05, 0) is 67.5 Å². The molecule has 41 heavy (non-hydrogen) atoms. The van der Waals surface area contributed by atoms with Crippen LogP contribution in [0.25, 0.3) is 0 Å². The van der Waals surface area contributed by atoms with Gasteiger partial charge in [-0.1, -0.05) is 78.0 Å². The van der Waals surface area contributed by atoms with E-state index in [1.165, 1.54) is 5.06 Å². The van der Waals surface area contributed by atoms with Crippen LogP contribution in [-0.2, 0) is 29.5 Å². The van der Waals surface area contributed by atoms with Gasteiger partial charge in [0.1, 0.15) is 30.0 Å². The number of hydrogen-bond acceptors (Lipinski definition) is 6. The summed E-state index contributed by atoms with van der Waals surface area (Å²) in [5.41, 5.74) is -1.36. The maximum atomic E-state index is 13.1. The maximum absolute atomic E-state index is 13.1. The van der Waals surface area contributed by atoms with E-state index in [-0.39, 0.29) is 35.6 Å². The Kier molecular flexibility index (Phi) is 9.58. The van der Waals surface area contributed by atoms with Crippen LogP contribution in [0.5, 0.6) is 0 Å². The molecule has 7 nitrogen and oxygen atoms in total. The van der Waals surface area contributed by atoms with Crippen LogP contribution in [0.4, 0.5) is 0 Å². The second kappa shape index (κ2) is 11.4. The number of hydroxylamine groups is 2. The minimum atomic E-state index is -2.42. The molecule has 0 aromatic heterocycles. The van der Waals surface area contributed by atoms with Crippen LogP contribution >= 0.6 is 0 Å². The molecule has 1 aliphatic heterocycles. The van der Waals surface area contributed by atoms with E-state index in [1.807, 2.05) is 36.4 Å². The molecule has 1 aromatic rings. The van der Waals surface area contributed by atoms with Gasteiger partial charge in [0.25, 0.3) is 0 Å². The van der Waals surface area contributed by atoms with E-state index in [4.69, 9.17) is 18.1 Å². The molecule has 1 aliphatic carbocycles. The number of β-lactam (4-membered cyclic amide) rings is 1. The second-order valence-corrected chi connectivity index (χ2v) is 30.0. The molecule has 0 saturated carbocycles. The highest BCUT2D eigenvalue weighted by molar-refractivity contribution is 6.74. The summed E-state index contributed by atoms with van der Waals surface area (Å²) in [7, 11) is -6.82. The van der Waals surface area contributed by atoms with E-state index >= 15 is 0 Å². The summed E-state index contributed by atoms with van der Waals surface area (Å²) in [6.45, 7) is 28.6. The Balaban J connectivity index is 2.10. The fourth-order valence-electron chi connectivity index (χ4n) is 4.62. The molecule has 1 spiro atoms. The van der Waals surface area contributed by atoms with Gasteiger partial charge in [-0.3, -0.25) is 9.63 Å². The zero-order valence-corrected chi connectivity index (χ0v) is 30.8. The minimum absolute atomic E-state index is 0.0184. The van der Waals surface area contributed by atoms with Crippen molar-refractivity contribution in [3.63, 3.8) is 0 Å². The number of aliphatic hydroxyl groups is 1. The minimum Gasteiger partial charge on any atom is -0.413 e. The number of rotatable bonds is 10. The first kappa shape index (κ1) is 34.4. The quantitative estimate of drug-likeness (QED) is 0.172. The molecule has 0 bridgehead atoms. The Morgan fingerprint density at radius 1 is 0.854 bits per heavy atom. The molecule has 0 radical (unpaired) electrons. The molecule has 1 amide bonds. The predicted molar refractivity (Wildman–Crippen MR) is 173 cm³/mol. The monoisotopic (exact) mass is 621 g/mol. The van der Waals surface area contributed by atoms with Crippen LogP contribution in [0.2, 0.25) is 55.9 Å². The van der Waals surface area contributed by atoms with Crippen molar-refractivity contribution in [3.8, 4) is 0 Å². The molecule has 3 rings (SSSR count). The van der Waals surface area contributed by atoms with Gasteiger partial charge >= 0.3 is 0 Å². The van der Waals surface area contributed by atoms with Gasteiger partial charge in [0.2, 0.25) is 5.91 Å². The molecule has 1 heterocycles. The van der Waals surface area contributed by atoms with Crippen molar-refractivity contribution < 1.29 is 28.0 Å². The number of nitrogens with zero attached hydrogens (tertiary/aromatic N) is 1. The molecule has 10 heteroatoms. The van der Waals surface area contributed by atoms with Crippen LogP contribution in [-0.4, -0.2) is 71.0 Å². The van der Waals surface area contributed by atoms with Crippen LogP contribution in [0.1, 0.15) is 53.5 Å². The van der Waals surface area contributed by atoms with Crippen molar-refractivity contribution in [1.82, 2.24) is 5.06 Å². The van der Waals surface area contributed by atoms with Crippen LogP contribution < -0.4 is 0 Å². The molecular formula is C31H55NO6Si3. The summed E-state index contributed by atoms with van der Waals surface area (Å²) in [6.07, 6.45) is 2.57. The van der Waals surface area contributed by atoms with E-state index in [9.17, 15) is 9.90 Å². The summed E-state index contributed by atoms with van der Waals surface area (Å²) in [6, 6.07) is 9.82. The van der Waals surface area contributed by atoms with Crippen LogP contribution in [0, 0.1) is 0 Å². The molecule has 1 aromatic carbocycles. The molecule has 0 unspecified atom stereocenters. The second-order valence-electron chi connectivity index (χ2n) is 15.9. The Morgan fingerprint density at radius 3 is 1.90 bits per heavy atom. The Labute approximate surface area is 251 Å². The highest BCUT2D eigenvalue weighted by Crippen LogP contribution is 2.50. The first-order valence-corrected chi connectivity index (χ1v) is 24.1. The number of carbonyl (C=O) groups is 1. The first-order chi connectivity index (χ1) is 18.4. The summed E-state index contributed by atoms with van der Waals surface area (Å²) in [5, 5.41) is 13.8. The van der Waals surface area contributed by atoms with Gasteiger partial charge in [-0.25, -0.2) is 5.06 Å². The SMILES string of the molecule is CC(C)(C)[Si](C)(C)OC[C@]1(O)C=C[C@]2(CC(=O)N2OCc2ccccc2)[C@H](O[Si](C)(C)C)[C@@H]1O[Si](C)(C)C(C)(C)C. The van der Waals surface area contributed by atoms with Crippen molar-refractivity contribution in [2.24, 2.45) is 0 Å². The van der Waals surface area contributed by atoms with Gasteiger partial charge in [0, 0.05) is 0 Å². The van der Waals surface area contributed by atoms with E-state index in [1.54, 1.807) is 6.08 Å². The zero-order chi connectivity index (χ0) is 31.3. The fraction of sp³-hybridized carbons (Fsp3) is 0.710. The van der Waals surface area contributed by atoms with Gasteiger partial charge in [0.05, 0.1) is 13.0 Å². The highest BCUT2D eigenvalue weighted by atomic mass is 28.4. The normalized spacial score (nSPS) is 27.9. The maximum Gasteiger partial charge on any atom is 0.249 e. The van der Waals surface area contributed by atoms with Gasteiger partial charge < -0.3 is 18.4 Å². The third-order valence-corrected chi connectivity index (χ3v) is 19.2. The van der Waals surface area contributed by atoms with Crippen molar-refractivity contribution in [2.75, 3.05) is 6.61 Å². The smallest absolute Gasteiger partial charge is 0.249 e. The first-order valence-electron chi connectivity index (χ1n) is 14.9. The highest BCUT2D eigenvalue weighted by Gasteiger charge is 2.66. The molecule has 1 N–H and O–H groups in total. The summed E-state index contributed by atoms with van der Waals surface area (Å²) < 4.78 is 20.7. The van der Waals surface area contributed by atoms with Gasteiger partial charge in [-0.15, -0.1) is 0 Å². The summed E-state index contributed by atoms with van der Waals surface area (Å²) in [4.78, 5) is 19.3. The molecular weight excluding hydrogens is 567 g/mol. The number of carbonyl (C=O) groups excluding carboxylic acids is 1. The van der Waals surface area contributed by atoms with Crippen molar-refractivity contribution in [2.45, 2.75) is 134 Å². The largest absolute Gasteiger partial charge is 0.413 e. The van der Waals surface area contributed by atoms with E-state index in [0.717, 1.165) is 5.56 Å². The summed E-state index contributed by atoms with van der Waals surface area (Å²) >= 11 is 0. The molecule has 2 aliphatic rings. The topological polar surface area (TPSA) is 77.5 Å². The number of hydrogen-bond donors (Lipinski definition) is 1. The lowest BCUT2D eigenvalue weighted by Crippen LogP contribution is -2.77. The molecule has 232 valence electrons. The van der Waals surface area contributed by atoms with Gasteiger partial charge in [0.15, 0.2) is 25.0 Å². The van der Waals surface area contributed by atoms with Crippen molar-refractivity contribution in [1.29, 1.82) is 0 Å². The van der Waals surface area contributed by atoms with Crippen LogP contribution in [0.15, 0.2) is 42.5 Å². The Bertz CT molecular complexity index is 1110. The molecule has 1 saturated heterocycles. The van der Waals surface area contributed by atoms with E-state index < -0.39 is 48.3 Å². The fourth-order valence-corrected chi connectivity index (χ4v) is 8.05. The molecule has 1 fully saturated rings. The molecule has 4 atom stereocenters. The van der Waals surface area contributed by atoms with Crippen molar-refractivity contribution >= 4 is 30.9 Å². The Morgan fingerprint density at radius 2 is 1.41 bits per heavy atom. The lowest BCUT2D eigenvalue weighted by Gasteiger charge is -2.60. The standard InChI is InChI=1S/C31H55NO6Si3/c1-28(2,3)40(10,11)36-23-31(34)20-19-30(21-25(33)32(30)35-22-24-17-15-14-16-18-24)26(37-39(7,8)9)27(31)38-41(12,13)29(4,5)6/h14-20,26-27,34H,21-23H2,1-13H3/t26-,27+,30+,31-/m1/s1. The Hall–Kier alpha value is -1.12. The van der Waals surface area contributed by atoms with Crippen molar-refractivity contribution in [3.05, 3.63) is 48.0 Å². The van der Waals surface area contributed by atoms with E-state index in [0.29, 0.717) is 0 Å². The third kappa shape index (κ3) is 7.34. The average Bonchev–Trinajstić information content (AvgIpc) is 2.80. The van der Waals surface area contributed by atoms with Gasteiger partial charge in [-0.2, -0.15) is 0 Å². The van der Waals surface area contributed by atoms with Crippen LogP contribution in [0.3, 0.4) is 0 Å². The van der Waals surface area contributed by atoms with E-state index in [2.05, 4.69) is 87.4 Å². The lowest BCUT2D eigenvalue weighted by atomic mass is 9.70. The number of amides is 1. The average molecular weight is 622 g/mol. The predicted octanol–water partition coefficient (Wildman–Crippen LogP) is 7.02.